The van der Waals surface area contributed by atoms with Gasteiger partial charge in [0.15, 0.2) is 11.5 Å². The van der Waals surface area contributed by atoms with Gasteiger partial charge in [0, 0.05) is 18.7 Å². The average Bonchev–Trinajstić information content (AvgIpc) is 2.94. The highest BCUT2D eigenvalue weighted by Crippen LogP contribution is 2.32. The Morgan fingerprint density at radius 2 is 2.21 bits per heavy atom. The topological polar surface area (TPSA) is 48.0 Å². The van der Waals surface area contributed by atoms with Crippen LogP contribution in [0.2, 0.25) is 0 Å². The van der Waals surface area contributed by atoms with E-state index in [0.717, 1.165) is 0 Å². The monoisotopic (exact) mass is 283 g/mol. The molecular weight excluding hydrogens is 270 g/mol. The first-order chi connectivity index (χ1) is 9.28. The second-order valence-corrected chi connectivity index (χ2v) is 4.77. The number of hydrogen-bond donors (Lipinski definition) is 0. The van der Waals surface area contributed by atoms with Crippen molar-refractivity contribution >= 4 is 17.5 Å². The number of carbonyl (C=O) groups excluding carboxylic acids is 1. The van der Waals surface area contributed by atoms with Gasteiger partial charge in [0.25, 0.3) is 5.91 Å². The van der Waals surface area contributed by atoms with E-state index < -0.39 is 0 Å². The zero-order chi connectivity index (χ0) is 13.2. The van der Waals surface area contributed by atoms with Crippen molar-refractivity contribution < 1.29 is 19.0 Å². The summed E-state index contributed by atoms with van der Waals surface area (Å²) >= 11 is 5.77. The van der Waals surface area contributed by atoms with Gasteiger partial charge in [-0.05, 0) is 18.2 Å². The lowest BCUT2D eigenvalue weighted by molar-refractivity contribution is -0.0108. The fourth-order valence-corrected chi connectivity index (χ4v) is 2.40. The largest absolute Gasteiger partial charge is 0.454 e. The number of hydrogen-bond acceptors (Lipinski definition) is 4. The number of morpholine rings is 1. The van der Waals surface area contributed by atoms with Gasteiger partial charge in [-0.2, -0.15) is 0 Å². The zero-order valence-corrected chi connectivity index (χ0v) is 11.1. The van der Waals surface area contributed by atoms with Crippen molar-refractivity contribution in [1.82, 2.24) is 4.90 Å². The highest BCUT2D eigenvalue weighted by Gasteiger charge is 2.25. The number of alkyl halides is 1. The Hall–Kier alpha value is -1.46. The van der Waals surface area contributed by atoms with Gasteiger partial charge >= 0.3 is 0 Å². The Labute approximate surface area is 116 Å². The maximum Gasteiger partial charge on any atom is 0.254 e. The van der Waals surface area contributed by atoms with Crippen LogP contribution in [0, 0.1) is 0 Å². The summed E-state index contributed by atoms with van der Waals surface area (Å²) < 4.78 is 16.0. The molecular formula is C13H14ClNO4. The van der Waals surface area contributed by atoms with Crippen LogP contribution < -0.4 is 9.47 Å². The molecule has 1 aromatic rings. The van der Waals surface area contributed by atoms with Crippen LogP contribution in [-0.2, 0) is 4.74 Å². The first kappa shape index (κ1) is 12.6. The minimum atomic E-state index is -0.0895. The first-order valence-electron chi connectivity index (χ1n) is 6.14. The number of benzene rings is 1. The summed E-state index contributed by atoms with van der Waals surface area (Å²) in [7, 11) is 0. The van der Waals surface area contributed by atoms with Crippen LogP contribution >= 0.6 is 11.6 Å². The summed E-state index contributed by atoms with van der Waals surface area (Å²) in [4.78, 5) is 14.2. The number of fused-ring (bicyclic) bond motifs is 1. The van der Waals surface area contributed by atoms with Crippen LogP contribution in [0.5, 0.6) is 11.5 Å². The zero-order valence-electron chi connectivity index (χ0n) is 10.3. The van der Waals surface area contributed by atoms with Gasteiger partial charge < -0.3 is 19.1 Å². The van der Waals surface area contributed by atoms with Gasteiger partial charge in [0.2, 0.25) is 6.79 Å². The second-order valence-electron chi connectivity index (χ2n) is 4.47. The fourth-order valence-electron chi connectivity index (χ4n) is 2.21. The summed E-state index contributed by atoms with van der Waals surface area (Å²) in [5, 5.41) is 0. The molecule has 2 heterocycles. The molecule has 0 aromatic heterocycles. The molecule has 2 aliphatic rings. The third kappa shape index (κ3) is 2.48. The molecule has 0 aliphatic carbocycles. The maximum atomic E-state index is 12.4. The van der Waals surface area contributed by atoms with Gasteiger partial charge in [-0.15, -0.1) is 11.6 Å². The molecule has 1 unspecified atom stereocenters. The molecule has 1 amide bonds. The van der Waals surface area contributed by atoms with E-state index in [4.69, 9.17) is 25.8 Å². The molecule has 1 atom stereocenters. The minimum absolute atomic E-state index is 0.0308. The van der Waals surface area contributed by atoms with Crippen LogP contribution in [-0.4, -0.2) is 49.3 Å². The van der Waals surface area contributed by atoms with Crippen LogP contribution in [0.15, 0.2) is 18.2 Å². The molecule has 102 valence electrons. The highest BCUT2D eigenvalue weighted by atomic mass is 35.5. The predicted octanol–water partition coefficient (Wildman–Crippen LogP) is 1.50. The number of nitrogens with zero attached hydrogens (tertiary/aromatic N) is 1. The molecule has 0 radical (unpaired) electrons. The van der Waals surface area contributed by atoms with Gasteiger partial charge in [-0.3, -0.25) is 4.79 Å². The van der Waals surface area contributed by atoms with Gasteiger partial charge in [-0.1, -0.05) is 0 Å². The molecule has 19 heavy (non-hydrogen) atoms. The molecule has 0 spiro atoms. The maximum absolute atomic E-state index is 12.4. The Morgan fingerprint density at radius 1 is 1.37 bits per heavy atom. The lowest BCUT2D eigenvalue weighted by Crippen LogP contribution is -2.46. The summed E-state index contributed by atoms with van der Waals surface area (Å²) in [5.41, 5.74) is 0.597. The minimum Gasteiger partial charge on any atom is -0.454 e. The quantitative estimate of drug-likeness (QED) is 0.772. The molecule has 5 nitrogen and oxygen atoms in total. The molecule has 3 rings (SSSR count). The molecule has 1 aromatic carbocycles. The third-order valence-electron chi connectivity index (χ3n) is 3.22. The van der Waals surface area contributed by atoms with Crippen molar-refractivity contribution in [2.24, 2.45) is 0 Å². The van der Waals surface area contributed by atoms with E-state index >= 15 is 0 Å². The average molecular weight is 284 g/mol. The molecule has 1 saturated heterocycles. The van der Waals surface area contributed by atoms with Crippen molar-refractivity contribution in [3.8, 4) is 11.5 Å². The van der Waals surface area contributed by atoms with Crippen molar-refractivity contribution in [3.05, 3.63) is 23.8 Å². The van der Waals surface area contributed by atoms with E-state index in [2.05, 4.69) is 0 Å². The van der Waals surface area contributed by atoms with E-state index in [9.17, 15) is 4.79 Å². The lowest BCUT2D eigenvalue weighted by atomic mass is 10.1. The SMILES string of the molecule is O=C(c1ccc2c(c1)OCO2)N1CCOC(CCl)C1. The van der Waals surface area contributed by atoms with Crippen molar-refractivity contribution in [2.75, 3.05) is 32.4 Å². The van der Waals surface area contributed by atoms with Crippen molar-refractivity contribution in [1.29, 1.82) is 0 Å². The normalized spacial score (nSPS) is 21.5. The standard InChI is InChI=1S/C13H14ClNO4/c14-6-10-7-15(3-4-17-10)13(16)9-1-2-11-12(5-9)19-8-18-11/h1-2,5,10H,3-4,6-8H2. The van der Waals surface area contributed by atoms with E-state index in [0.29, 0.717) is 42.6 Å². The summed E-state index contributed by atoms with van der Waals surface area (Å²) in [6.07, 6.45) is -0.0895. The van der Waals surface area contributed by atoms with E-state index in [1.165, 1.54) is 0 Å². The van der Waals surface area contributed by atoms with E-state index in [1.54, 1.807) is 23.1 Å². The molecule has 6 heteroatoms. The number of halogens is 1. The summed E-state index contributed by atoms with van der Waals surface area (Å²) in [5.74, 6) is 1.66. The summed E-state index contributed by atoms with van der Waals surface area (Å²) in [6, 6.07) is 5.23. The summed E-state index contributed by atoms with van der Waals surface area (Å²) in [6.45, 7) is 1.84. The third-order valence-corrected chi connectivity index (χ3v) is 3.56. The van der Waals surface area contributed by atoms with Crippen molar-refractivity contribution in [3.63, 3.8) is 0 Å². The lowest BCUT2D eigenvalue weighted by Gasteiger charge is -2.32. The Kier molecular flexibility index (Phi) is 3.48. The number of carbonyl (C=O) groups is 1. The molecule has 0 bridgehead atoms. The number of amides is 1. The number of ether oxygens (including phenoxy) is 3. The first-order valence-corrected chi connectivity index (χ1v) is 6.68. The van der Waals surface area contributed by atoms with Gasteiger partial charge in [-0.25, -0.2) is 0 Å². The van der Waals surface area contributed by atoms with Gasteiger partial charge in [0.1, 0.15) is 0 Å². The highest BCUT2D eigenvalue weighted by molar-refractivity contribution is 6.18. The predicted molar refractivity (Wildman–Crippen MR) is 68.9 cm³/mol. The van der Waals surface area contributed by atoms with Crippen LogP contribution in [0.3, 0.4) is 0 Å². The van der Waals surface area contributed by atoms with E-state index in [1.807, 2.05) is 0 Å². The molecule has 0 saturated carbocycles. The van der Waals surface area contributed by atoms with Crippen LogP contribution in [0.25, 0.3) is 0 Å². The molecule has 1 fully saturated rings. The van der Waals surface area contributed by atoms with Crippen LogP contribution in [0.4, 0.5) is 0 Å². The van der Waals surface area contributed by atoms with Gasteiger partial charge in [0.05, 0.1) is 18.6 Å². The fraction of sp³-hybridized carbons (Fsp3) is 0.462. The Bertz CT molecular complexity index is 494. The van der Waals surface area contributed by atoms with E-state index in [-0.39, 0.29) is 18.8 Å². The molecule has 0 N–H and O–H groups in total. The smallest absolute Gasteiger partial charge is 0.254 e. The number of rotatable bonds is 2. The second kappa shape index (κ2) is 5.27. The molecule has 2 aliphatic heterocycles. The Balaban J connectivity index is 1.76. The Morgan fingerprint density at radius 3 is 3.05 bits per heavy atom. The van der Waals surface area contributed by atoms with Crippen LogP contribution in [0.1, 0.15) is 10.4 Å². The van der Waals surface area contributed by atoms with Crippen molar-refractivity contribution in [2.45, 2.75) is 6.10 Å².